The zero-order chi connectivity index (χ0) is 17.2. The van der Waals surface area contributed by atoms with E-state index in [1.807, 2.05) is 19.9 Å². The lowest BCUT2D eigenvalue weighted by Crippen LogP contribution is -2.40. The Hall–Kier alpha value is -2.11. The van der Waals surface area contributed by atoms with Gasteiger partial charge in [-0.3, -0.25) is 9.59 Å². The number of aromatic nitrogens is 1. The minimum Gasteiger partial charge on any atom is -0.480 e. The Morgan fingerprint density at radius 3 is 2.65 bits per heavy atom. The molecule has 6 nitrogen and oxygen atoms in total. The summed E-state index contributed by atoms with van der Waals surface area (Å²) in [7, 11) is 0. The van der Waals surface area contributed by atoms with Crippen molar-refractivity contribution in [3.63, 3.8) is 0 Å². The first-order valence-corrected chi connectivity index (χ1v) is 8.13. The Kier molecular flexibility index (Phi) is 8.08. The maximum Gasteiger partial charge on any atom is 0.326 e. The Bertz CT molecular complexity index is 580. The van der Waals surface area contributed by atoms with Crippen LogP contribution in [-0.4, -0.2) is 27.6 Å². The van der Waals surface area contributed by atoms with Gasteiger partial charge in [0.15, 0.2) is 0 Å². The van der Waals surface area contributed by atoms with E-state index < -0.39 is 12.0 Å². The summed E-state index contributed by atoms with van der Waals surface area (Å²) < 4.78 is 1.62. The third kappa shape index (κ3) is 7.13. The maximum absolute atomic E-state index is 11.8. The highest BCUT2D eigenvalue weighted by Gasteiger charge is 2.18. The van der Waals surface area contributed by atoms with Crippen LogP contribution in [0, 0.1) is 6.92 Å². The number of hydrogen-bond acceptors (Lipinski definition) is 3. The fourth-order valence-corrected chi connectivity index (χ4v) is 2.29. The van der Waals surface area contributed by atoms with Crippen molar-refractivity contribution in [2.75, 3.05) is 0 Å². The van der Waals surface area contributed by atoms with Crippen LogP contribution < -0.4 is 10.9 Å². The van der Waals surface area contributed by atoms with Gasteiger partial charge in [0.25, 0.3) is 5.56 Å². The topological polar surface area (TPSA) is 88.4 Å². The second-order valence-corrected chi connectivity index (χ2v) is 5.79. The lowest BCUT2D eigenvalue weighted by Gasteiger charge is -2.14. The highest BCUT2D eigenvalue weighted by Crippen LogP contribution is 2.03. The van der Waals surface area contributed by atoms with Crippen LogP contribution in [-0.2, 0) is 16.1 Å². The molecule has 0 fully saturated rings. The number of aliphatic carboxylic acids is 1. The Labute approximate surface area is 136 Å². The van der Waals surface area contributed by atoms with E-state index in [2.05, 4.69) is 5.32 Å². The monoisotopic (exact) mass is 322 g/mol. The fourth-order valence-electron chi connectivity index (χ4n) is 2.29. The summed E-state index contributed by atoms with van der Waals surface area (Å²) in [5.41, 5.74) is 0.886. The highest BCUT2D eigenvalue weighted by molar-refractivity contribution is 5.83. The summed E-state index contributed by atoms with van der Waals surface area (Å²) in [5.74, 6) is -1.23. The zero-order valence-corrected chi connectivity index (χ0v) is 13.9. The molecule has 23 heavy (non-hydrogen) atoms. The second-order valence-electron chi connectivity index (χ2n) is 5.79. The Morgan fingerprint density at radius 2 is 2.04 bits per heavy atom. The summed E-state index contributed by atoms with van der Waals surface area (Å²) in [6.07, 6.45) is 5.46. The Balaban J connectivity index is 2.32. The van der Waals surface area contributed by atoms with Crippen molar-refractivity contribution in [1.29, 1.82) is 0 Å². The summed E-state index contributed by atoms with van der Waals surface area (Å²) in [4.78, 5) is 34.6. The number of carboxylic acid groups (broad SMARTS) is 1. The smallest absolute Gasteiger partial charge is 0.326 e. The molecule has 6 heteroatoms. The lowest BCUT2D eigenvalue weighted by molar-refractivity contribution is -0.142. The van der Waals surface area contributed by atoms with Crippen molar-refractivity contribution in [3.8, 4) is 0 Å². The quantitative estimate of drug-likeness (QED) is 0.646. The maximum atomic E-state index is 11.8. The van der Waals surface area contributed by atoms with Crippen molar-refractivity contribution in [1.82, 2.24) is 9.88 Å². The van der Waals surface area contributed by atoms with Crippen LogP contribution in [0.4, 0.5) is 0 Å². The molecule has 1 amide bonds. The van der Waals surface area contributed by atoms with E-state index in [1.54, 1.807) is 16.8 Å². The van der Waals surface area contributed by atoms with Gasteiger partial charge in [-0.2, -0.15) is 0 Å². The zero-order valence-electron chi connectivity index (χ0n) is 13.9. The third-order valence-electron chi connectivity index (χ3n) is 3.68. The van der Waals surface area contributed by atoms with Gasteiger partial charge in [-0.15, -0.1) is 0 Å². The van der Waals surface area contributed by atoms with Crippen LogP contribution in [0.2, 0.25) is 0 Å². The average molecular weight is 322 g/mol. The number of hydrogen-bond donors (Lipinski definition) is 2. The molecule has 0 aliphatic carbocycles. The van der Waals surface area contributed by atoms with Gasteiger partial charge in [0.05, 0.1) is 0 Å². The number of carbonyl (C=O) groups excluding carboxylic acids is 1. The minimum absolute atomic E-state index is 0.0417. The standard InChI is InChI=1S/C17H26N2O4/c1-3-4-7-14(17(22)23)18-15(20)8-5-6-10-19-11-9-13(2)12-16(19)21/h9,11-12,14H,3-8,10H2,1-2H3,(H,18,20)(H,22,23). The van der Waals surface area contributed by atoms with Gasteiger partial charge in [-0.1, -0.05) is 19.8 Å². The Morgan fingerprint density at radius 1 is 1.30 bits per heavy atom. The molecule has 1 atom stereocenters. The first kappa shape index (κ1) is 18.9. The van der Waals surface area contributed by atoms with Crippen LogP contribution in [0.1, 0.15) is 51.0 Å². The SMILES string of the molecule is CCCCC(NC(=O)CCCCn1ccc(C)cc1=O)C(=O)O. The molecule has 0 saturated heterocycles. The molecule has 1 rings (SSSR count). The van der Waals surface area contributed by atoms with Gasteiger partial charge >= 0.3 is 5.97 Å². The molecule has 0 aliphatic rings. The van der Waals surface area contributed by atoms with Gasteiger partial charge in [-0.05, 0) is 37.8 Å². The van der Waals surface area contributed by atoms with E-state index in [9.17, 15) is 14.4 Å². The predicted molar refractivity (Wildman–Crippen MR) is 88.4 cm³/mol. The molecular weight excluding hydrogens is 296 g/mol. The van der Waals surface area contributed by atoms with Crippen molar-refractivity contribution < 1.29 is 14.7 Å². The number of aryl methyl sites for hydroxylation is 2. The van der Waals surface area contributed by atoms with E-state index in [4.69, 9.17) is 5.11 Å². The van der Waals surface area contributed by atoms with Crippen LogP contribution in [0.5, 0.6) is 0 Å². The molecule has 0 aromatic carbocycles. The summed E-state index contributed by atoms with van der Waals surface area (Å²) in [5, 5.41) is 11.6. The molecule has 1 heterocycles. The molecular formula is C17H26N2O4. The van der Waals surface area contributed by atoms with Gasteiger partial charge in [0.1, 0.15) is 6.04 Å². The number of amides is 1. The van der Waals surface area contributed by atoms with Crippen molar-refractivity contribution >= 4 is 11.9 Å². The molecule has 1 aromatic rings. The number of unbranched alkanes of at least 4 members (excludes halogenated alkanes) is 2. The van der Waals surface area contributed by atoms with Crippen LogP contribution in [0.3, 0.4) is 0 Å². The highest BCUT2D eigenvalue weighted by atomic mass is 16.4. The summed E-state index contributed by atoms with van der Waals surface area (Å²) >= 11 is 0. The fraction of sp³-hybridized carbons (Fsp3) is 0.588. The molecule has 2 N–H and O–H groups in total. The number of nitrogens with zero attached hydrogens (tertiary/aromatic N) is 1. The predicted octanol–water partition coefficient (Wildman–Crippen LogP) is 2.09. The van der Waals surface area contributed by atoms with E-state index >= 15 is 0 Å². The molecule has 0 bridgehead atoms. The number of pyridine rings is 1. The molecule has 0 aliphatic heterocycles. The van der Waals surface area contributed by atoms with Crippen molar-refractivity contribution in [2.45, 2.75) is 65.0 Å². The van der Waals surface area contributed by atoms with Gasteiger partial charge < -0.3 is 15.0 Å². The summed E-state index contributed by atoms with van der Waals surface area (Å²) in [6.45, 7) is 4.41. The van der Waals surface area contributed by atoms with Crippen LogP contribution in [0.25, 0.3) is 0 Å². The molecule has 1 unspecified atom stereocenters. The molecule has 128 valence electrons. The first-order chi connectivity index (χ1) is 10.9. The third-order valence-corrected chi connectivity index (χ3v) is 3.68. The average Bonchev–Trinajstić information content (AvgIpc) is 2.49. The molecule has 1 aromatic heterocycles. The van der Waals surface area contributed by atoms with E-state index in [1.165, 1.54) is 0 Å². The second kappa shape index (κ2) is 9.82. The normalized spacial score (nSPS) is 11.9. The van der Waals surface area contributed by atoms with E-state index in [0.29, 0.717) is 25.8 Å². The van der Waals surface area contributed by atoms with E-state index in [-0.39, 0.29) is 17.9 Å². The molecule has 0 saturated carbocycles. The van der Waals surface area contributed by atoms with Crippen LogP contribution in [0.15, 0.2) is 23.1 Å². The molecule has 0 radical (unpaired) electrons. The summed E-state index contributed by atoms with van der Waals surface area (Å²) in [6, 6.07) is 2.65. The first-order valence-electron chi connectivity index (χ1n) is 8.13. The van der Waals surface area contributed by atoms with Crippen molar-refractivity contribution in [2.24, 2.45) is 0 Å². The van der Waals surface area contributed by atoms with Gasteiger partial charge in [0, 0.05) is 25.2 Å². The number of rotatable bonds is 10. The van der Waals surface area contributed by atoms with Crippen molar-refractivity contribution in [3.05, 3.63) is 34.2 Å². The van der Waals surface area contributed by atoms with E-state index in [0.717, 1.165) is 18.4 Å². The minimum atomic E-state index is -0.988. The molecule has 0 spiro atoms. The number of carbonyl (C=O) groups is 2. The van der Waals surface area contributed by atoms with Crippen LogP contribution >= 0.6 is 0 Å². The number of carboxylic acids is 1. The lowest BCUT2D eigenvalue weighted by atomic mass is 10.1. The van der Waals surface area contributed by atoms with Gasteiger partial charge in [0.2, 0.25) is 5.91 Å². The largest absolute Gasteiger partial charge is 0.480 e. The van der Waals surface area contributed by atoms with Gasteiger partial charge in [-0.25, -0.2) is 4.79 Å². The number of nitrogens with one attached hydrogen (secondary N) is 1.